The maximum absolute atomic E-state index is 14.1. The molecule has 182 valence electrons. The number of hydrogen-bond donors (Lipinski definition) is 0. The fourth-order valence-electron chi connectivity index (χ4n) is 5.55. The Kier molecular flexibility index (Phi) is 6.36. The maximum atomic E-state index is 14.1. The van der Waals surface area contributed by atoms with Crippen molar-refractivity contribution in [3.8, 4) is 11.1 Å². The molecule has 4 heteroatoms. The van der Waals surface area contributed by atoms with Gasteiger partial charge in [0.25, 0.3) is 5.91 Å². The van der Waals surface area contributed by atoms with Gasteiger partial charge in [-0.25, -0.2) is 0 Å². The van der Waals surface area contributed by atoms with Gasteiger partial charge in [0, 0.05) is 32.1 Å². The molecule has 4 nitrogen and oxygen atoms in total. The van der Waals surface area contributed by atoms with Gasteiger partial charge < -0.3 is 9.80 Å². The Labute approximate surface area is 213 Å². The van der Waals surface area contributed by atoms with E-state index in [9.17, 15) is 9.59 Å². The minimum atomic E-state index is -0.550. The SMILES string of the molecule is Cc1cc(C)cc(CN(C)C(=O)C2Cc3ccccc3CN2C(=O)c2cc(C)c3cccccc2-3)c1. The molecular formula is C32H32N2O2. The van der Waals surface area contributed by atoms with E-state index < -0.39 is 6.04 Å². The number of nitrogens with zero attached hydrogens (tertiary/aromatic N) is 2. The molecule has 0 saturated carbocycles. The Hall–Kier alpha value is -3.92. The zero-order chi connectivity index (χ0) is 25.4. The fraction of sp³-hybridized carbons (Fsp3) is 0.250. The average Bonchev–Trinajstić information content (AvgIpc) is 3.01. The average molecular weight is 477 g/mol. The highest BCUT2D eigenvalue weighted by Crippen LogP contribution is 2.34. The fourth-order valence-corrected chi connectivity index (χ4v) is 5.55. The summed E-state index contributed by atoms with van der Waals surface area (Å²) in [7, 11) is 1.84. The second-order valence-corrected chi connectivity index (χ2v) is 10.1. The van der Waals surface area contributed by atoms with Gasteiger partial charge in [0.15, 0.2) is 0 Å². The maximum Gasteiger partial charge on any atom is 0.255 e. The Balaban J connectivity index is 1.49. The third kappa shape index (κ3) is 4.51. The van der Waals surface area contributed by atoms with Crippen molar-refractivity contribution in [3.63, 3.8) is 0 Å². The Bertz CT molecular complexity index is 1400. The van der Waals surface area contributed by atoms with Crippen molar-refractivity contribution in [3.05, 3.63) is 118 Å². The van der Waals surface area contributed by atoms with Crippen molar-refractivity contribution < 1.29 is 9.59 Å². The first-order valence-electron chi connectivity index (χ1n) is 12.5. The molecule has 0 N–H and O–H groups in total. The molecule has 2 aromatic rings. The van der Waals surface area contributed by atoms with E-state index in [2.05, 4.69) is 44.2 Å². The molecule has 2 aliphatic carbocycles. The highest BCUT2D eigenvalue weighted by Gasteiger charge is 2.37. The molecular weight excluding hydrogens is 444 g/mol. The number of benzene rings is 2. The van der Waals surface area contributed by atoms with Crippen LogP contribution in [0.15, 0.2) is 78.9 Å². The topological polar surface area (TPSA) is 40.6 Å². The molecule has 0 spiro atoms. The smallest absolute Gasteiger partial charge is 0.255 e. The second kappa shape index (κ2) is 9.62. The molecule has 0 radical (unpaired) electrons. The van der Waals surface area contributed by atoms with Crippen LogP contribution >= 0.6 is 0 Å². The Morgan fingerprint density at radius 1 is 0.833 bits per heavy atom. The van der Waals surface area contributed by atoms with E-state index in [1.54, 1.807) is 9.80 Å². The summed E-state index contributed by atoms with van der Waals surface area (Å²) in [4.78, 5) is 31.5. The molecule has 1 atom stereocenters. The van der Waals surface area contributed by atoms with Gasteiger partial charge in [-0.15, -0.1) is 0 Å². The van der Waals surface area contributed by atoms with Crippen LogP contribution < -0.4 is 0 Å². The number of amides is 2. The van der Waals surface area contributed by atoms with Gasteiger partial charge in [0.2, 0.25) is 5.91 Å². The molecule has 0 fully saturated rings. The molecule has 0 bridgehead atoms. The third-order valence-electron chi connectivity index (χ3n) is 7.22. The van der Waals surface area contributed by atoms with Gasteiger partial charge in [-0.3, -0.25) is 9.59 Å². The van der Waals surface area contributed by atoms with Crippen LogP contribution in [0.25, 0.3) is 11.1 Å². The van der Waals surface area contributed by atoms with Crippen molar-refractivity contribution >= 4 is 11.8 Å². The molecule has 1 aliphatic heterocycles. The zero-order valence-electron chi connectivity index (χ0n) is 21.4. The molecule has 2 aromatic carbocycles. The lowest BCUT2D eigenvalue weighted by Crippen LogP contribution is -2.52. The molecule has 0 saturated heterocycles. The van der Waals surface area contributed by atoms with Crippen LogP contribution in [0, 0.1) is 20.8 Å². The number of likely N-dealkylation sites (N-methyl/N-ethyl adjacent to an activating group) is 1. The van der Waals surface area contributed by atoms with Crippen molar-refractivity contribution in [2.75, 3.05) is 7.05 Å². The zero-order valence-corrected chi connectivity index (χ0v) is 21.4. The van der Waals surface area contributed by atoms with E-state index in [1.807, 2.05) is 62.5 Å². The van der Waals surface area contributed by atoms with Crippen LogP contribution in [0.2, 0.25) is 0 Å². The van der Waals surface area contributed by atoms with Crippen LogP contribution in [0.3, 0.4) is 0 Å². The highest BCUT2D eigenvalue weighted by molar-refractivity contribution is 6.05. The van der Waals surface area contributed by atoms with E-state index >= 15 is 0 Å². The van der Waals surface area contributed by atoms with Gasteiger partial charge in [0.1, 0.15) is 6.04 Å². The van der Waals surface area contributed by atoms with E-state index in [0.29, 0.717) is 25.1 Å². The predicted octanol–water partition coefficient (Wildman–Crippen LogP) is 5.94. The summed E-state index contributed by atoms with van der Waals surface area (Å²) in [6.45, 7) is 7.11. The van der Waals surface area contributed by atoms with Gasteiger partial charge in [0.05, 0.1) is 0 Å². The van der Waals surface area contributed by atoms with Gasteiger partial charge in [-0.2, -0.15) is 0 Å². The van der Waals surface area contributed by atoms with Gasteiger partial charge >= 0.3 is 0 Å². The molecule has 3 aliphatic rings. The van der Waals surface area contributed by atoms with Crippen molar-refractivity contribution in [1.29, 1.82) is 0 Å². The summed E-state index contributed by atoms with van der Waals surface area (Å²) < 4.78 is 0. The number of fused-ring (bicyclic) bond motifs is 2. The first-order valence-corrected chi connectivity index (χ1v) is 12.5. The van der Waals surface area contributed by atoms with Gasteiger partial charge in [-0.1, -0.05) is 83.9 Å². The Morgan fingerprint density at radius 3 is 2.19 bits per heavy atom. The quantitative estimate of drug-likeness (QED) is 0.366. The lowest BCUT2D eigenvalue weighted by atomic mass is 9.92. The first-order chi connectivity index (χ1) is 17.3. The molecule has 0 aromatic heterocycles. The largest absolute Gasteiger partial charge is 0.340 e. The van der Waals surface area contributed by atoms with E-state index in [0.717, 1.165) is 33.4 Å². The summed E-state index contributed by atoms with van der Waals surface area (Å²) in [5.74, 6) is -0.123. The molecule has 1 unspecified atom stereocenters. The third-order valence-corrected chi connectivity index (χ3v) is 7.22. The predicted molar refractivity (Wildman–Crippen MR) is 144 cm³/mol. The molecule has 5 rings (SSSR count). The van der Waals surface area contributed by atoms with E-state index in [1.165, 1.54) is 11.1 Å². The summed E-state index contributed by atoms with van der Waals surface area (Å²) in [6.07, 6.45) is 0.517. The van der Waals surface area contributed by atoms with E-state index in [4.69, 9.17) is 0 Å². The normalized spacial score (nSPS) is 15.0. The minimum Gasteiger partial charge on any atom is -0.340 e. The van der Waals surface area contributed by atoms with Crippen molar-refractivity contribution in [1.82, 2.24) is 9.80 Å². The van der Waals surface area contributed by atoms with Crippen LogP contribution in [0.1, 0.15) is 43.7 Å². The Morgan fingerprint density at radius 2 is 1.47 bits per heavy atom. The van der Waals surface area contributed by atoms with Crippen LogP contribution in [-0.4, -0.2) is 34.7 Å². The minimum absolute atomic E-state index is 0.0323. The van der Waals surface area contributed by atoms with Crippen LogP contribution in [-0.2, 0) is 24.3 Å². The van der Waals surface area contributed by atoms with Crippen molar-refractivity contribution in [2.45, 2.75) is 46.3 Å². The van der Waals surface area contributed by atoms with Crippen LogP contribution in [0.4, 0.5) is 0 Å². The monoisotopic (exact) mass is 476 g/mol. The summed E-state index contributed by atoms with van der Waals surface area (Å²) >= 11 is 0. The molecule has 2 amide bonds. The van der Waals surface area contributed by atoms with Crippen molar-refractivity contribution in [2.24, 2.45) is 0 Å². The van der Waals surface area contributed by atoms with E-state index in [-0.39, 0.29) is 11.8 Å². The molecule has 36 heavy (non-hydrogen) atoms. The lowest BCUT2D eigenvalue weighted by Gasteiger charge is -2.38. The number of hydrogen-bond acceptors (Lipinski definition) is 2. The summed E-state index contributed by atoms with van der Waals surface area (Å²) in [6, 6.07) is 25.9. The second-order valence-electron chi connectivity index (χ2n) is 10.1. The van der Waals surface area contributed by atoms with Crippen LogP contribution in [0.5, 0.6) is 0 Å². The highest BCUT2D eigenvalue weighted by atomic mass is 16.2. The lowest BCUT2D eigenvalue weighted by molar-refractivity contribution is -0.135. The first kappa shape index (κ1) is 23.8. The standard InChI is InChI=1S/C32H32N2O2/c1-21-14-22(2)16-24(15-21)19-33(4)32(36)30-18-25-10-8-9-11-26(25)20-34(30)31(35)29-17-23(3)27-12-6-5-7-13-28(27)29/h5-17,30H,18-20H2,1-4H3. The number of carbonyl (C=O) groups is 2. The summed E-state index contributed by atoms with van der Waals surface area (Å²) in [5, 5.41) is 0. The van der Waals surface area contributed by atoms with Gasteiger partial charge in [-0.05, 0) is 60.2 Å². The number of aryl methyl sites for hydroxylation is 3. The molecule has 1 heterocycles. The number of rotatable bonds is 4. The number of carbonyl (C=O) groups excluding carboxylic acids is 2. The summed E-state index contributed by atoms with van der Waals surface area (Å²) in [5.41, 5.74) is 9.42.